The third kappa shape index (κ3) is 4.67. The minimum absolute atomic E-state index is 1.00. The minimum atomic E-state index is 1.00. The topological polar surface area (TPSA) is 41.4 Å². The van der Waals surface area contributed by atoms with Crippen LogP contribution >= 0.6 is 11.9 Å². The van der Waals surface area contributed by atoms with Crippen LogP contribution in [-0.2, 0) is 0 Å². The third-order valence-corrected chi connectivity index (χ3v) is 5.44. The fourth-order valence-corrected chi connectivity index (χ4v) is 3.83. The molecule has 4 nitrogen and oxygen atoms in total. The Balaban J connectivity index is 0.000000151. The Morgan fingerprint density at radius 3 is 2.50 bits per heavy atom. The zero-order valence-electron chi connectivity index (χ0n) is 15.6. The zero-order chi connectivity index (χ0) is 19.0. The highest BCUT2D eigenvalue weighted by Gasteiger charge is 2.14. The smallest absolute Gasteiger partial charge is 0.132 e. The van der Waals surface area contributed by atoms with Crippen LogP contribution in [0.15, 0.2) is 82.4 Å². The Hall–Kier alpha value is -2.92. The van der Waals surface area contributed by atoms with Gasteiger partial charge >= 0.3 is 0 Å². The second kappa shape index (κ2) is 9.33. The molecule has 3 heterocycles. The van der Waals surface area contributed by atoms with Gasteiger partial charge < -0.3 is 4.90 Å². The molecule has 0 aliphatic carbocycles. The van der Waals surface area contributed by atoms with Crippen LogP contribution in [0.2, 0.25) is 0 Å². The summed E-state index contributed by atoms with van der Waals surface area (Å²) in [5.74, 6) is 1.05. The summed E-state index contributed by atoms with van der Waals surface area (Å²) in [7, 11) is 0. The predicted molar refractivity (Wildman–Crippen MR) is 119 cm³/mol. The summed E-state index contributed by atoms with van der Waals surface area (Å²) in [5.41, 5.74) is 3.40. The van der Waals surface area contributed by atoms with Gasteiger partial charge in [-0.05, 0) is 30.5 Å². The number of benzene rings is 2. The number of rotatable bonds is 2. The second-order valence-corrected chi connectivity index (χ2v) is 7.40. The zero-order valence-corrected chi connectivity index (χ0v) is 16.4. The number of anilines is 1. The predicted octanol–water partition coefficient (Wildman–Crippen LogP) is 5.54. The first-order valence-corrected chi connectivity index (χ1v) is 10.3. The summed E-state index contributed by atoms with van der Waals surface area (Å²) in [6, 6.07) is 20.6. The van der Waals surface area contributed by atoms with Crippen LogP contribution < -0.4 is 4.90 Å². The summed E-state index contributed by atoms with van der Waals surface area (Å²) >= 11 is 1.52. The van der Waals surface area contributed by atoms with Gasteiger partial charge in [0, 0.05) is 47.8 Å². The quantitative estimate of drug-likeness (QED) is 0.543. The lowest BCUT2D eigenvalue weighted by Gasteiger charge is -2.16. The SMILES string of the molecule is C1=Cc2ccccc2SN=C1.c1ccc(-c2cc(N3CCCC3)ncn2)cc1. The van der Waals surface area contributed by atoms with Crippen LogP contribution in [0.4, 0.5) is 5.82 Å². The van der Waals surface area contributed by atoms with Crippen molar-refractivity contribution in [1.82, 2.24) is 9.97 Å². The molecule has 0 atom stereocenters. The number of nitrogens with zero attached hydrogens (tertiary/aromatic N) is 4. The molecule has 140 valence electrons. The maximum absolute atomic E-state index is 4.36. The maximum atomic E-state index is 4.36. The van der Waals surface area contributed by atoms with E-state index in [-0.39, 0.29) is 0 Å². The highest BCUT2D eigenvalue weighted by Crippen LogP contribution is 2.25. The molecular weight excluding hydrogens is 364 g/mol. The summed E-state index contributed by atoms with van der Waals surface area (Å²) < 4.78 is 4.12. The van der Waals surface area contributed by atoms with E-state index < -0.39 is 0 Å². The molecule has 5 heteroatoms. The molecule has 0 N–H and O–H groups in total. The monoisotopic (exact) mass is 386 g/mol. The lowest BCUT2D eigenvalue weighted by atomic mass is 10.1. The van der Waals surface area contributed by atoms with Gasteiger partial charge in [0.15, 0.2) is 0 Å². The van der Waals surface area contributed by atoms with Crippen molar-refractivity contribution in [3.8, 4) is 11.3 Å². The van der Waals surface area contributed by atoms with Gasteiger partial charge in [0.2, 0.25) is 0 Å². The Morgan fingerprint density at radius 1 is 0.857 bits per heavy atom. The molecule has 0 amide bonds. The van der Waals surface area contributed by atoms with Crippen LogP contribution in [0.1, 0.15) is 18.4 Å². The van der Waals surface area contributed by atoms with Crippen LogP contribution in [0.25, 0.3) is 17.3 Å². The minimum Gasteiger partial charge on any atom is -0.357 e. The Morgan fingerprint density at radius 2 is 1.64 bits per heavy atom. The molecule has 2 aromatic carbocycles. The highest BCUT2D eigenvalue weighted by atomic mass is 32.2. The van der Waals surface area contributed by atoms with E-state index in [1.54, 1.807) is 6.33 Å². The van der Waals surface area contributed by atoms with E-state index in [0.717, 1.165) is 30.2 Å². The molecule has 2 aliphatic heterocycles. The Kier molecular flexibility index (Phi) is 6.15. The summed E-state index contributed by atoms with van der Waals surface area (Å²) in [6.45, 7) is 2.23. The van der Waals surface area contributed by atoms with E-state index in [9.17, 15) is 0 Å². The summed E-state index contributed by atoms with van der Waals surface area (Å²) in [5, 5.41) is 0. The van der Waals surface area contributed by atoms with Crippen molar-refractivity contribution in [2.24, 2.45) is 4.40 Å². The molecule has 0 unspecified atom stereocenters. The molecule has 28 heavy (non-hydrogen) atoms. The average Bonchev–Trinajstić information content (AvgIpc) is 3.20. The van der Waals surface area contributed by atoms with E-state index >= 15 is 0 Å². The number of aromatic nitrogens is 2. The molecule has 0 bridgehead atoms. The summed E-state index contributed by atoms with van der Waals surface area (Å²) in [4.78, 5) is 12.3. The first kappa shape index (κ1) is 18.4. The molecule has 1 saturated heterocycles. The fraction of sp³-hybridized carbons (Fsp3) is 0.174. The number of fused-ring (bicyclic) bond motifs is 1. The van der Waals surface area contributed by atoms with Gasteiger partial charge in [0.1, 0.15) is 12.1 Å². The largest absolute Gasteiger partial charge is 0.357 e. The first-order valence-electron chi connectivity index (χ1n) is 9.49. The van der Waals surface area contributed by atoms with Crippen molar-refractivity contribution in [2.45, 2.75) is 17.7 Å². The van der Waals surface area contributed by atoms with E-state index in [0.29, 0.717) is 0 Å². The Bertz CT molecular complexity index is 963. The average molecular weight is 387 g/mol. The lowest BCUT2D eigenvalue weighted by molar-refractivity contribution is 0.928. The second-order valence-electron chi connectivity index (χ2n) is 6.56. The van der Waals surface area contributed by atoms with Crippen LogP contribution in [0.5, 0.6) is 0 Å². The van der Waals surface area contributed by atoms with Crippen molar-refractivity contribution in [3.05, 3.63) is 78.6 Å². The van der Waals surface area contributed by atoms with Gasteiger partial charge in [0.25, 0.3) is 0 Å². The molecule has 1 aromatic heterocycles. The normalized spacial score (nSPS) is 14.8. The summed E-state index contributed by atoms with van der Waals surface area (Å²) in [6.07, 6.45) is 10.0. The van der Waals surface area contributed by atoms with Gasteiger partial charge in [0.05, 0.1) is 5.69 Å². The van der Waals surface area contributed by atoms with Crippen molar-refractivity contribution in [2.75, 3.05) is 18.0 Å². The highest BCUT2D eigenvalue weighted by molar-refractivity contribution is 7.98. The molecular formula is C23H22N4S. The Labute approximate surface area is 170 Å². The van der Waals surface area contributed by atoms with E-state index in [4.69, 9.17) is 0 Å². The van der Waals surface area contributed by atoms with Crippen molar-refractivity contribution >= 4 is 30.1 Å². The van der Waals surface area contributed by atoms with Gasteiger partial charge in [-0.2, -0.15) is 0 Å². The molecule has 2 aliphatic rings. The number of hydrogen-bond acceptors (Lipinski definition) is 5. The van der Waals surface area contributed by atoms with Crippen molar-refractivity contribution in [3.63, 3.8) is 0 Å². The van der Waals surface area contributed by atoms with Gasteiger partial charge in [-0.25, -0.2) is 14.4 Å². The van der Waals surface area contributed by atoms with E-state index in [2.05, 4.69) is 55.7 Å². The molecule has 3 aromatic rings. The van der Waals surface area contributed by atoms with E-state index in [1.807, 2.05) is 42.6 Å². The lowest BCUT2D eigenvalue weighted by Crippen LogP contribution is -2.18. The van der Waals surface area contributed by atoms with Crippen molar-refractivity contribution < 1.29 is 0 Å². The molecule has 0 radical (unpaired) electrons. The molecule has 0 saturated carbocycles. The van der Waals surface area contributed by atoms with Crippen LogP contribution in [0.3, 0.4) is 0 Å². The van der Waals surface area contributed by atoms with Crippen LogP contribution in [0, 0.1) is 0 Å². The van der Waals surface area contributed by atoms with Gasteiger partial charge in [-0.1, -0.05) is 54.6 Å². The van der Waals surface area contributed by atoms with E-state index in [1.165, 1.54) is 35.2 Å². The number of allylic oxidation sites excluding steroid dienone is 1. The van der Waals surface area contributed by atoms with Crippen LogP contribution in [-0.4, -0.2) is 29.3 Å². The van der Waals surface area contributed by atoms with Crippen molar-refractivity contribution in [1.29, 1.82) is 0 Å². The first-order chi connectivity index (χ1) is 13.9. The molecule has 0 spiro atoms. The van der Waals surface area contributed by atoms with Gasteiger partial charge in [-0.3, -0.25) is 0 Å². The van der Waals surface area contributed by atoms with Gasteiger partial charge in [-0.15, -0.1) is 0 Å². The molecule has 1 fully saturated rings. The standard InChI is InChI=1S/C14H15N3.C9H7NS/c1-2-6-12(7-3-1)13-10-14(16-11-15-13)17-8-4-5-9-17;1-2-6-9-8(4-1)5-3-7-10-11-9/h1-3,6-7,10-11H,4-5,8-9H2;1-7H. The molecule has 5 rings (SSSR count). The third-order valence-electron chi connectivity index (χ3n) is 4.65. The fourth-order valence-electron chi connectivity index (χ4n) is 3.20. The number of hydrogen-bond donors (Lipinski definition) is 0. The maximum Gasteiger partial charge on any atom is 0.132 e.